The molecule has 0 spiro atoms. The van der Waals surface area contributed by atoms with Crippen LogP contribution >= 0.6 is 0 Å². The zero-order valence-electron chi connectivity index (χ0n) is 7.01. The lowest BCUT2D eigenvalue weighted by molar-refractivity contribution is 0.274. The van der Waals surface area contributed by atoms with Crippen LogP contribution in [0.25, 0.3) is 0 Å². The van der Waals surface area contributed by atoms with Crippen molar-refractivity contribution in [3.8, 4) is 0 Å². The quantitative estimate of drug-likeness (QED) is 0.549. The van der Waals surface area contributed by atoms with Gasteiger partial charge in [-0.1, -0.05) is 0 Å². The summed E-state index contributed by atoms with van der Waals surface area (Å²) >= 11 is 0. The Bertz CT molecular complexity index is 85.3. The molecule has 1 aliphatic rings. The van der Waals surface area contributed by atoms with Gasteiger partial charge < -0.3 is 4.90 Å². The van der Waals surface area contributed by atoms with E-state index < -0.39 is 0 Å². The molecule has 1 unspecified atom stereocenters. The molecule has 0 aromatic heterocycles. The van der Waals surface area contributed by atoms with Crippen molar-refractivity contribution in [2.45, 2.75) is 12.8 Å². The number of rotatable bonds is 2. The van der Waals surface area contributed by atoms with Crippen molar-refractivity contribution in [2.24, 2.45) is 5.92 Å². The summed E-state index contributed by atoms with van der Waals surface area (Å²) in [5.74, 6) is 0.837. The third kappa shape index (κ3) is 2.67. The molecule has 2 heteroatoms. The van der Waals surface area contributed by atoms with Crippen LogP contribution in [-0.4, -0.2) is 38.6 Å². The predicted octanol–water partition coefficient (Wildman–Crippen LogP) is 0.562. The third-order valence-electron chi connectivity index (χ3n) is 1.94. The molecule has 1 fully saturated rings. The Morgan fingerprint density at radius 1 is 1.50 bits per heavy atom. The first kappa shape index (κ1) is 8.02. The largest absolute Gasteiger partial charge is 0.309 e. The van der Waals surface area contributed by atoms with E-state index in [1.165, 1.54) is 19.4 Å². The van der Waals surface area contributed by atoms with Crippen molar-refractivity contribution < 1.29 is 0 Å². The second kappa shape index (κ2) is 3.94. The van der Waals surface area contributed by atoms with Crippen LogP contribution < -0.4 is 5.32 Å². The van der Waals surface area contributed by atoms with Crippen LogP contribution in [0.1, 0.15) is 12.8 Å². The molecule has 1 saturated heterocycles. The molecule has 0 aromatic rings. The maximum absolute atomic E-state index is 4.38. The Kier molecular flexibility index (Phi) is 3.16. The lowest BCUT2D eigenvalue weighted by Gasteiger charge is -2.24. The Hall–Kier alpha value is -0.0800. The van der Waals surface area contributed by atoms with Gasteiger partial charge >= 0.3 is 0 Å². The molecule has 1 atom stereocenters. The van der Waals surface area contributed by atoms with E-state index >= 15 is 0 Å². The average Bonchev–Trinajstić information content (AvgIpc) is 1.88. The first-order valence-electron chi connectivity index (χ1n) is 4.07. The Labute approximate surface area is 63.6 Å². The van der Waals surface area contributed by atoms with Gasteiger partial charge in [0.2, 0.25) is 0 Å². The number of nitrogens with zero attached hydrogens (tertiary/aromatic N) is 2. The van der Waals surface area contributed by atoms with Gasteiger partial charge in [-0.25, -0.2) is 5.32 Å². The van der Waals surface area contributed by atoms with E-state index in [9.17, 15) is 0 Å². The van der Waals surface area contributed by atoms with E-state index in [1.54, 1.807) is 0 Å². The topological polar surface area (TPSA) is 17.3 Å². The fourth-order valence-corrected chi connectivity index (χ4v) is 1.52. The highest BCUT2D eigenvalue weighted by Crippen LogP contribution is 2.10. The highest BCUT2D eigenvalue weighted by Gasteiger charge is 2.13. The average molecular weight is 141 g/mol. The van der Waals surface area contributed by atoms with Crippen LogP contribution in [0.5, 0.6) is 0 Å². The highest BCUT2D eigenvalue weighted by atomic mass is 15.1. The molecule has 0 bridgehead atoms. The van der Waals surface area contributed by atoms with Gasteiger partial charge in [-0.2, -0.15) is 0 Å². The van der Waals surface area contributed by atoms with Gasteiger partial charge in [0.15, 0.2) is 0 Å². The molecule has 1 heterocycles. The monoisotopic (exact) mass is 141 g/mol. The Balaban J connectivity index is 2.13. The molecule has 1 rings (SSSR count). The summed E-state index contributed by atoms with van der Waals surface area (Å²) in [6.45, 7) is 3.41. The Morgan fingerprint density at radius 2 is 2.30 bits per heavy atom. The van der Waals surface area contributed by atoms with Crippen molar-refractivity contribution >= 4 is 0 Å². The van der Waals surface area contributed by atoms with E-state index in [-0.39, 0.29) is 0 Å². The molecule has 2 nitrogen and oxygen atoms in total. The highest BCUT2D eigenvalue weighted by molar-refractivity contribution is 4.69. The molecule has 0 aliphatic carbocycles. The van der Waals surface area contributed by atoms with Gasteiger partial charge in [-0.3, -0.25) is 0 Å². The lowest BCUT2D eigenvalue weighted by atomic mass is 9.99. The summed E-state index contributed by atoms with van der Waals surface area (Å²) in [6.07, 6.45) is 2.68. The van der Waals surface area contributed by atoms with Crippen molar-refractivity contribution in [1.29, 1.82) is 0 Å². The van der Waals surface area contributed by atoms with Crippen molar-refractivity contribution in [2.75, 3.05) is 33.7 Å². The normalized spacial score (nSPS) is 27.3. The number of hydrogen-bond donors (Lipinski definition) is 0. The van der Waals surface area contributed by atoms with Gasteiger partial charge in [0.25, 0.3) is 0 Å². The van der Waals surface area contributed by atoms with Crippen LogP contribution in [0, 0.1) is 5.92 Å². The zero-order chi connectivity index (χ0) is 7.40. The summed E-state index contributed by atoms with van der Waals surface area (Å²) in [7, 11) is 4.27. The summed E-state index contributed by atoms with van der Waals surface area (Å²) in [5, 5.41) is 4.38. The summed E-state index contributed by atoms with van der Waals surface area (Å²) in [6, 6.07) is 0. The van der Waals surface area contributed by atoms with Crippen LogP contribution in [0.2, 0.25) is 0 Å². The molecule has 0 aromatic carbocycles. The maximum atomic E-state index is 4.38. The van der Waals surface area contributed by atoms with Crippen molar-refractivity contribution in [3.05, 3.63) is 0 Å². The molecular formula is C8H17N2. The SMILES string of the molecule is CN(C)CC1CCC[N]C1. The molecule has 1 aliphatic heterocycles. The van der Waals surface area contributed by atoms with Gasteiger partial charge in [0.1, 0.15) is 0 Å². The van der Waals surface area contributed by atoms with E-state index in [0.717, 1.165) is 19.0 Å². The van der Waals surface area contributed by atoms with E-state index in [0.29, 0.717) is 0 Å². The first-order chi connectivity index (χ1) is 4.79. The fraction of sp³-hybridized carbons (Fsp3) is 1.00. The standard InChI is InChI=1S/C8H17N2/c1-10(2)7-8-4-3-5-9-6-8/h8H,3-7H2,1-2H3. The van der Waals surface area contributed by atoms with Gasteiger partial charge in [0.05, 0.1) is 0 Å². The second-order valence-corrected chi connectivity index (χ2v) is 3.40. The predicted molar refractivity (Wildman–Crippen MR) is 43.1 cm³/mol. The minimum Gasteiger partial charge on any atom is -0.309 e. The maximum Gasteiger partial charge on any atom is 0.0173 e. The van der Waals surface area contributed by atoms with Crippen LogP contribution in [0.15, 0.2) is 0 Å². The second-order valence-electron chi connectivity index (χ2n) is 3.40. The zero-order valence-corrected chi connectivity index (χ0v) is 7.01. The first-order valence-corrected chi connectivity index (χ1v) is 4.07. The minimum absolute atomic E-state index is 0.837. The van der Waals surface area contributed by atoms with Gasteiger partial charge in [-0.15, -0.1) is 0 Å². The summed E-state index contributed by atoms with van der Waals surface area (Å²) in [5.41, 5.74) is 0. The Morgan fingerprint density at radius 3 is 2.80 bits per heavy atom. The fourth-order valence-electron chi connectivity index (χ4n) is 1.52. The molecule has 10 heavy (non-hydrogen) atoms. The van der Waals surface area contributed by atoms with Crippen molar-refractivity contribution in [1.82, 2.24) is 10.2 Å². The van der Waals surface area contributed by atoms with Crippen LogP contribution in [0.3, 0.4) is 0 Å². The molecule has 59 valence electrons. The van der Waals surface area contributed by atoms with Gasteiger partial charge in [0, 0.05) is 19.6 Å². The molecular weight excluding hydrogens is 124 g/mol. The number of piperidine rings is 1. The minimum atomic E-state index is 0.837. The van der Waals surface area contributed by atoms with Gasteiger partial charge in [-0.05, 0) is 32.9 Å². The van der Waals surface area contributed by atoms with Crippen LogP contribution in [0.4, 0.5) is 0 Å². The number of hydrogen-bond acceptors (Lipinski definition) is 1. The van der Waals surface area contributed by atoms with E-state index in [2.05, 4.69) is 24.3 Å². The van der Waals surface area contributed by atoms with E-state index in [1.807, 2.05) is 0 Å². The molecule has 0 N–H and O–H groups in total. The van der Waals surface area contributed by atoms with E-state index in [4.69, 9.17) is 0 Å². The summed E-state index contributed by atoms with van der Waals surface area (Å²) < 4.78 is 0. The molecule has 0 saturated carbocycles. The summed E-state index contributed by atoms with van der Waals surface area (Å²) in [4.78, 5) is 2.26. The van der Waals surface area contributed by atoms with Crippen molar-refractivity contribution in [3.63, 3.8) is 0 Å². The lowest BCUT2D eigenvalue weighted by Crippen LogP contribution is -2.32. The smallest absolute Gasteiger partial charge is 0.0173 e. The third-order valence-corrected chi connectivity index (χ3v) is 1.94. The van der Waals surface area contributed by atoms with Crippen LogP contribution in [-0.2, 0) is 0 Å². The molecule has 1 radical (unpaired) electrons. The molecule has 0 amide bonds.